The van der Waals surface area contributed by atoms with Gasteiger partial charge in [0.15, 0.2) is 0 Å². The molecule has 0 saturated heterocycles. The highest BCUT2D eigenvalue weighted by Gasteiger charge is 2.19. The number of nitrogens with one attached hydrogen (secondary N) is 2. The fourth-order valence-electron chi connectivity index (χ4n) is 2.27. The van der Waals surface area contributed by atoms with E-state index in [1.807, 2.05) is 37.3 Å². The Morgan fingerprint density at radius 1 is 1.45 bits per heavy atom. The van der Waals surface area contributed by atoms with Gasteiger partial charge >= 0.3 is 6.03 Å². The number of benzene rings is 1. The fraction of sp³-hybridized carbons (Fsp3) is 0.400. The van der Waals surface area contributed by atoms with Gasteiger partial charge in [-0.3, -0.25) is 0 Å². The first-order valence-electron chi connectivity index (χ1n) is 6.67. The van der Waals surface area contributed by atoms with Crippen LogP contribution in [-0.2, 0) is 6.54 Å². The van der Waals surface area contributed by atoms with Crippen molar-refractivity contribution in [1.82, 2.24) is 10.6 Å². The summed E-state index contributed by atoms with van der Waals surface area (Å²) in [6.45, 7) is 2.66. The number of hydrogen-bond acceptors (Lipinski definition) is 2. The van der Waals surface area contributed by atoms with E-state index in [-0.39, 0.29) is 24.6 Å². The molecule has 2 rings (SSSR count). The Hall–Kier alpha value is -1.33. The zero-order valence-electron chi connectivity index (χ0n) is 11.4. The van der Waals surface area contributed by atoms with Crippen LogP contribution in [-0.4, -0.2) is 23.8 Å². The molecule has 1 aliphatic carbocycles. The van der Waals surface area contributed by atoms with Gasteiger partial charge in [-0.2, -0.15) is 0 Å². The Morgan fingerprint density at radius 3 is 2.90 bits per heavy atom. The number of amides is 2. The van der Waals surface area contributed by atoms with E-state index in [4.69, 9.17) is 5.11 Å². The van der Waals surface area contributed by atoms with Crippen LogP contribution >= 0.6 is 15.9 Å². The molecule has 0 unspecified atom stereocenters. The lowest BCUT2D eigenvalue weighted by molar-refractivity contribution is 0.231. The van der Waals surface area contributed by atoms with Gasteiger partial charge in [0.1, 0.15) is 0 Å². The first-order valence-corrected chi connectivity index (χ1v) is 7.46. The highest BCUT2D eigenvalue weighted by atomic mass is 79.9. The largest absolute Gasteiger partial charge is 0.396 e. The lowest BCUT2D eigenvalue weighted by atomic mass is 10.1. The predicted molar refractivity (Wildman–Crippen MR) is 82.4 cm³/mol. The van der Waals surface area contributed by atoms with Gasteiger partial charge in [0.05, 0.1) is 0 Å². The molecule has 0 saturated carbocycles. The van der Waals surface area contributed by atoms with E-state index in [0.29, 0.717) is 6.54 Å². The van der Waals surface area contributed by atoms with Crippen molar-refractivity contribution < 1.29 is 9.90 Å². The number of urea groups is 1. The standard InChI is InChI=1S/C15H19BrN2O2/c1-10-6-13(16)4-3-12(10)8-17-15(20)18-14-5-2-11(7-14)9-19/h2-6,11,14,19H,7-9H2,1H3,(H2,17,18,20)/t11-,14+/m0/s1. The van der Waals surface area contributed by atoms with Crippen molar-refractivity contribution in [3.8, 4) is 0 Å². The Morgan fingerprint density at radius 2 is 2.25 bits per heavy atom. The molecule has 1 aromatic rings. The van der Waals surface area contributed by atoms with E-state index >= 15 is 0 Å². The third-order valence-corrected chi connectivity index (χ3v) is 3.96. The van der Waals surface area contributed by atoms with Gasteiger partial charge in [-0.15, -0.1) is 0 Å². The van der Waals surface area contributed by atoms with Gasteiger partial charge in [0.25, 0.3) is 0 Å². The molecule has 4 nitrogen and oxygen atoms in total. The topological polar surface area (TPSA) is 61.4 Å². The Bertz CT molecular complexity index is 517. The van der Waals surface area contributed by atoms with E-state index in [9.17, 15) is 4.79 Å². The van der Waals surface area contributed by atoms with E-state index in [1.165, 1.54) is 0 Å². The van der Waals surface area contributed by atoms with E-state index in [0.717, 1.165) is 22.0 Å². The van der Waals surface area contributed by atoms with Crippen LogP contribution in [0.15, 0.2) is 34.8 Å². The van der Waals surface area contributed by atoms with Crippen molar-refractivity contribution in [3.05, 3.63) is 46.0 Å². The second kappa shape index (κ2) is 6.90. The van der Waals surface area contributed by atoms with Crippen LogP contribution in [0.2, 0.25) is 0 Å². The zero-order valence-corrected chi connectivity index (χ0v) is 13.0. The number of halogens is 1. The molecular formula is C15H19BrN2O2. The summed E-state index contributed by atoms with van der Waals surface area (Å²) in [4.78, 5) is 11.8. The van der Waals surface area contributed by atoms with Crippen LogP contribution in [0.25, 0.3) is 0 Å². The van der Waals surface area contributed by atoms with Crippen LogP contribution in [0.4, 0.5) is 4.79 Å². The van der Waals surface area contributed by atoms with Crippen molar-refractivity contribution in [2.24, 2.45) is 5.92 Å². The number of aryl methyl sites for hydroxylation is 1. The lowest BCUT2D eigenvalue weighted by Crippen LogP contribution is -2.40. The number of carbonyl (C=O) groups is 1. The molecule has 1 aromatic carbocycles. The zero-order chi connectivity index (χ0) is 14.5. The average Bonchev–Trinajstić information content (AvgIpc) is 2.85. The molecule has 1 aliphatic rings. The monoisotopic (exact) mass is 338 g/mol. The summed E-state index contributed by atoms with van der Waals surface area (Å²) in [6.07, 6.45) is 4.65. The molecule has 0 fully saturated rings. The average molecular weight is 339 g/mol. The van der Waals surface area contributed by atoms with E-state index in [2.05, 4.69) is 26.6 Å². The van der Waals surface area contributed by atoms with Crippen molar-refractivity contribution in [1.29, 1.82) is 0 Å². The van der Waals surface area contributed by atoms with Crippen LogP contribution in [0, 0.1) is 12.8 Å². The van der Waals surface area contributed by atoms with Gasteiger partial charge in [-0.05, 0) is 36.6 Å². The SMILES string of the molecule is Cc1cc(Br)ccc1CNC(=O)N[C@@H]1C=C[C@H](CO)C1. The normalized spacial score (nSPS) is 20.9. The molecular weight excluding hydrogens is 320 g/mol. The molecule has 0 bridgehead atoms. The fourth-order valence-corrected chi connectivity index (χ4v) is 2.75. The number of hydrogen-bond donors (Lipinski definition) is 3. The second-order valence-electron chi connectivity index (χ2n) is 5.07. The van der Waals surface area contributed by atoms with Crippen LogP contribution < -0.4 is 10.6 Å². The molecule has 0 aromatic heterocycles. The molecule has 0 heterocycles. The first kappa shape index (κ1) is 15.1. The number of aliphatic hydroxyl groups excluding tert-OH is 1. The van der Waals surface area contributed by atoms with E-state index < -0.39 is 0 Å². The van der Waals surface area contributed by atoms with Crippen molar-refractivity contribution >= 4 is 22.0 Å². The summed E-state index contributed by atoms with van der Waals surface area (Å²) in [6, 6.07) is 5.82. The third-order valence-electron chi connectivity index (χ3n) is 3.47. The highest BCUT2D eigenvalue weighted by Crippen LogP contribution is 2.17. The van der Waals surface area contributed by atoms with Crippen molar-refractivity contribution in [2.75, 3.05) is 6.61 Å². The van der Waals surface area contributed by atoms with Crippen molar-refractivity contribution in [2.45, 2.75) is 25.9 Å². The Kier molecular flexibility index (Phi) is 5.20. The number of carbonyl (C=O) groups excluding carboxylic acids is 1. The van der Waals surface area contributed by atoms with Crippen LogP contribution in [0.3, 0.4) is 0 Å². The van der Waals surface area contributed by atoms with Gasteiger partial charge in [0, 0.05) is 29.6 Å². The van der Waals surface area contributed by atoms with Crippen LogP contribution in [0.5, 0.6) is 0 Å². The summed E-state index contributed by atoms with van der Waals surface area (Å²) >= 11 is 3.42. The minimum Gasteiger partial charge on any atom is -0.396 e. The Labute approximate surface area is 127 Å². The maximum atomic E-state index is 11.8. The minimum atomic E-state index is -0.180. The maximum absolute atomic E-state index is 11.8. The summed E-state index contributed by atoms with van der Waals surface area (Å²) in [5.74, 6) is 0.161. The highest BCUT2D eigenvalue weighted by molar-refractivity contribution is 9.10. The van der Waals surface area contributed by atoms with Gasteiger partial charge < -0.3 is 15.7 Å². The van der Waals surface area contributed by atoms with Crippen molar-refractivity contribution in [3.63, 3.8) is 0 Å². The quantitative estimate of drug-likeness (QED) is 0.738. The molecule has 2 amide bonds. The molecule has 20 heavy (non-hydrogen) atoms. The summed E-state index contributed by atoms with van der Waals surface area (Å²) < 4.78 is 1.04. The summed E-state index contributed by atoms with van der Waals surface area (Å²) in [5.41, 5.74) is 2.24. The van der Waals surface area contributed by atoms with Gasteiger partial charge in [-0.25, -0.2) is 4.79 Å². The minimum absolute atomic E-state index is 0.0122. The number of aliphatic hydroxyl groups is 1. The second-order valence-corrected chi connectivity index (χ2v) is 5.98. The first-order chi connectivity index (χ1) is 9.58. The lowest BCUT2D eigenvalue weighted by Gasteiger charge is -2.14. The molecule has 5 heteroatoms. The van der Waals surface area contributed by atoms with Crippen LogP contribution in [0.1, 0.15) is 17.5 Å². The van der Waals surface area contributed by atoms with E-state index in [1.54, 1.807) is 0 Å². The number of rotatable bonds is 4. The molecule has 0 radical (unpaired) electrons. The Balaban J connectivity index is 1.79. The molecule has 0 spiro atoms. The molecule has 2 atom stereocenters. The smallest absolute Gasteiger partial charge is 0.315 e. The summed E-state index contributed by atoms with van der Waals surface area (Å²) in [5, 5.41) is 14.8. The molecule has 0 aliphatic heterocycles. The van der Waals surface area contributed by atoms with Gasteiger partial charge in [0.2, 0.25) is 0 Å². The molecule has 3 N–H and O–H groups in total. The summed E-state index contributed by atoms with van der Waals surface area (Å²) in [7, 11) is 0. The maximum Gasteiger partial charge on any atom is 0.315 e. The third kappa shape index (κ3) is 4.08. The molecule has 108 valence electrons. The predicted octanol–water partition coefficient (Wildman–Crippen LogP) is 2.49. The van der Waals surface area contributed by atoms with Gasteiger partial charge in [-0.1, -0.05) is 34.1 Å².